The lowest BCUT2D eigenvalue weighted by molar-refractivity contribution is 0.0772. The molecular weight excluding hydrogens is 292 g/mol. The Hall–Kier alpha value is -2.82. The van der Waals surface area contributed by atoms with Crippen LogP contribution in [0.4, 0.5) is 0 Å². The van der Waals surface area contributed by atoms with E-state index in [-0.39, 0.29) is 11.5 Å². The predicted octanol–water partition coefficient (Wildman–Crippen LogP) is 2.31. The maximum absolute atomic E-state index is 12.4. The van der Waals surface area contributed by atoms with E-state index in [2.05, 4.69) is 11.1 Å². The Morgan fingerprint density at radius 1 is 1.17 bits per heavy atom. The second-order valence-electron chi connectivity index (χ2n) is 5.40. The van der Waals surface area contributed by atoms with Crippen LogP contribution in [0.25, 0.3) is 5.57 Å². The SMILES string of the molecule is COc1ccc(C2=CCN(C(=O)c3ccc(=O)[nH]c3)CC2)cc1. The Morgan fingerprint density at radius 3 is 2.52 bits per heavy atom. The number of amides is 1. The fourth-order valence-corrected chi connectivity index (χ4v) is 2.65. The molecule has 0 radical (unpaired) electrons. The zero-order chi connectivity index (χ0) is 16.2. The number of nitrogens with one attached hydrogen (secondary N) is 1. The van der Waals surface area contributed by atoms with Crippen LogP contribution in [0.15, 0.2) is 53.5 Å². The van der Waals surface area contributed by atoms with E-state index in [1.807, 2.05) is 24.3 Å². The highest BCUT2D eigenvalue weighted by Gasteiger charge is 2.19. The number of aromatic amines is 1. The average Bonchev–Trinajstić information content (AvgIpc) is 2.62. The first-order valence-corrected chi connectivity index (χ1v) is 7.49. The molecule has 5 heteroatoms. The van der Waals surface area contributed by atoms with Crippen LogP contribution in [0.5, 0.6) is 5.75 Å². The van der Waals surface area contributed by atoms with Crippen LogP contribution in [-0.2, 0) is 0 Å². The van der Waals surface area contributed by atoms with E-state index in [0.29, 0.717) is 18.7 Å². The molecule has 23 heavy (non-hydrogen) atoms. The highest BCUT2D eigenvalue weighted by molar-refractivity contribution is 5.94. The van der Waals surface area contributed by atoms with Crippen LogP contribution in [0.3, 0.4) is 0 Å². The molecule has 0 atom stereocenters. The summed E-state index contributed by atoms with van der Waals surface area (Å²) < 4.78 is 5.16. The Kier molecular flexibility index (Phi) is 4.28. The molecule has 1 aromatic heterocycles. The number of hydrogen-bond donors (Lipinski definition) is 1. The predicted molar refractivity (Wildman–Crippen MR) is 88.6 cm³/mol. The molecule has 0 saturated heterocycles. The van der Waals surface area contributed by atoms with Gasteiger partial charge in [0.1, 0.15) is 5.75 Å². The van der Waals surface area contributed by atoms with Crippen molar-refractivity contribution < 1.29 is 9.53 Å². The van der Waals surface area contributed by atoms with Crippen LogP contribution in [0, 0.1) is 0 Å². The van der Waals surface area contributed by atoms with E-state index in [4.69, 9.17) is 4.74 Å². The first-order valence-electron chi connectivity index (χ1n) is 7.49. The maximum atomic E-state index is 12.4. The van der Waals surface area contributed by atoms with Gasteiger partial charge in [-0.2, -0.15) is 0 Å². The lowest BCUT2D eigenvalue weighted by Crippen LogP contribution is -2.34. The summed E-state index contributed by atoms with van der Waals surface area (Å²) in [4.78, 5) is 27.8. The molecular formula is C18H18N2O3. The van der Waals surface area contributed by atoms with E-state index in [9.17, 15) is 9.59 Å². The van der Waals surface area contributed by atoms with Gasteiger partial charge in [-0.3, -0.25) is 9.59 Å². The van der Waals surface area contributed by atoms with Crippen molar-refractivity contribution in [3.63, 3.8) is 0 Å². The number of pyridine rings is 1. The van der Waals surface area contributed by atoms with E-state index in [1.165, 1.54) is 17.8 Å². The third kappa shape index (κ3) is 3.34. The quantitative estimate of drug-likeness (QED) is 0.946. The average molecular weight is 310 g/mol. The normalized spacial score (nSPS) is 14.3. The number of carbonyl (C=O) groups is 1. The van der Waals surface area contributed by atoms with Crippen LogP contribution in [0.1, 0.15) is 22.3 Å². The third-order valence-corrected chi connectivity index (χ3v) is 3.99. The number of carbonyl (C=O) groups excluding carboxylic acids is 1. The summed E-state index contributed by atoms with van der Waals surface area (Å²) in [6.07, 6.45) is 4.35. The summed E-state index contributed by atoms with van der Waals surface area (Å²) in [5.74, 6) is 0.770. The third-order valence-electron chi connectivity index (χ3n) is 3.99. The van der Waals surface area contributed by atoms with Crippen molar-refractivity contribution in [1.29, 1.82) is 0 Å². The molecule has 0 unspecified atom stereocenters. The van der Waals surface area contributed by atoms with Crippen molar-refractivity contribution in [2.75, 3.05) is 20.2 Å². The van der Waals surface area contributed by atoms with E-state index in [0.717, 1.165) is 17.7 Å². The molecule has 2 aromatic rings. The highest BCUT2D eigenvalue weighted by atomic mass is 16.5. The van der Waals surface area contributed by atoms with Gasteiger partial charge < -0.3 is 14.6 Å². The zero-order valence-electron chi connectivity index (χ0n) is 12.9. The Labute approximate surface area is 134 Å². The summed E-state index contributed by atoms with van der Waals surface area (Å²) in [7, 11) is 1.65. The van der Waals surface area contributed by atoms with Gasteiger partial charge in [-0.05, 0) is 35.8 Å². The van der Waals surface area contributed by atoms with Gasteiger partial charge in [0.25, 0.3) is 5.91 Å². The summed E-state index contributed by atoms with van der Waals surface area (Å²) >= 11 is 0. The molecule has 1 aliphatic rings. The maximum Gasteiger partial charge on any atom is 0.255 e. The second-order valence-corrected chi connectivity index (χ2v) is 5.40. The monoisotopic (exact) mass is 310 g/mol. The molecule has 0 fully saturated rings. The zero-order valence-corrected chi connectivity index (χ0v) is 12.9. The molecule has 2 heterocycles. The number of methoxy groups -OCH3 is 1. The molecule has 0 bridgehead atoms. The standard InChI is InChI=1S/C18H18N2O3/c1-23-16-5-2-13(3-6-16)14-8-10-20(11-9-14)18(22)15-4-7-17(21)19-12-15/h2-8,12H,9-11H2,1H3,(H,19,21). The van der Waals surface area contributed by atoms with Crippen molar-refractivity contribution >= 4 is 11.5 Å². The molecule has 0 saturated carbocycles. The minimum Gasteiger partial charge on any atom is -0.497 e. The van der Waals surface area contributed by atoms with E-state index >= 15 is 0 Å². The molecule has 3 rings (SSSR count). The van der Waals surface area contributed by atoms with Crippen LogP contribution in [0.2, 0.25) is 0 Å². The summed E-state index contributed by atoms with van der Waals surface area (Å²) in [5, 5.41) is 0. The summed E-state index contributed by atoms with van der Waals surface area (Å²) in [6.45, 7) is 1.23. The van der Waals surface area contributed by atoms with Crippen molar-refractivity contribution in [2.45, 2.75) is 6.42 Å². The number of H-pyrrole nitrogens is 1. The molecule has 118 valence electrons. The van der Waals surface area contributed by atoms with Gasteiger partial charge in [0.05, 0.1) is 12.7 Å². The smallest absolute Gasteiger partial charge is 0.255 e. The molecule has 1 aromatic carbocycles. The van der Waals surface area contributed by atoms with E-state index < -0.39 is 0 Å². The van der Waals surface area contributed by atoms with Crippen molar-refractivity contribution in [3.05, 3.63) is 70.2 Å². The number of nitrogens with zero attached hydrogens (tertiary/aromatic N) is 1. The van der Waals surface area contributed by atoms with Gasteiger partial charge in [-0.15, -0.1) is 0 Å². The van der Waals surface area contributed by atoms with Crippen LogP contribution in [-0.4, -0.2) is 36.0 Å². The molecule has 1 aliphatic heterocycles. The summed E-state index contributed by atoms with van der Waals surface area (Å²) in [6, 6.07) is 10.9. The van der Waals surface area contributed by atoms with Gasteiger partial charge in [0.15, 0.2) is 0 Å². The van der Waals surface area contributed by atoms with Crippen molar-refractivity contribution in [1.82, 2.24) is 9.88 Å². The second kappa shape index (κ2) is 6.52. The Morgan fingerprint density at radius 2 is 1.96 bits per heavy atom. The fraction of sp³-hybridized carbons (Fsp3) is 0.222. The van der Waals surface area contributed by atoms with Crippen LogP contribution >= 0.6 is 0 Å². The topological polar surface area (TPSA) is 62.4 Å². The molecule has 1 N–H and O–H groups in total. The molecule has 5 nitrogen and oxygen atoms in total. The van der Waals surface area contributed by atoms with Crippen molar-refractivity contribution in [3.8, 4) is 5.75 Å². The van der Waals surface area contributed by atoms with Gasteiger partial charge in [0, 0.05) is 25.4 Å². The lowest BCUT2D eigenvalue weighted by atomic mass is 9.99. The molecule has 0 aliphatic carbocycles. The molecule has 0 spiro atoms. The largest absolute Gasteiger partial charge is 0.497 e. The minimum absolute atomic E-state index is 0.0636. The van der Waals surface area contributed by atoms with Gasteiger partial charge in [-0.1, -0.05) is 18.2 Å². The minimum atomic E-state index is -0.207. The lowest BCUT2D eigenvalue weighted by Gasteiger charge is -2.26. The summed E-state index contributed by atoms with van der Waals surface area (Å²) in [5.41, 5.74) is 2.69. The van der Waals surface area contributed by atoms with Crippen molar-refractivity contribution in [2.24, 2.45) is 0 Å². The highest BCUT2D eigenvalue weighted by Crippen LogP contribution is 2.24. The number of aromatic nitrogens is 1. The number of hydrogen-bond acceptors (Lipinski definition) is 3. The Balaban J connectivity index is 1.70. The van der Waals surface area contributed by atoms with Gasteiger partial charge >= 0.3 is 0 Å². The van der Waals surface area contributed by atoms with Gasteiger partial charge in [0.2, 0.25) is 5.56 Å². The van der Waals surface area contributed by atoms with E-state index in [1.54, 1.807) is 18.1 Å². The first kappa shape index (κ1) is 15.1. The number of ether oxygens (including phenoxy) is 1. The van der Waals surface area contributed by atoms with Crippen LogP contribution < -0.4 is 10.3 Å². The Bertz CT molecular complexity index is 770. The van der Waals surface area contributed by atoms with Gasteiger partial charge in [-0.25, -0.2) is 0 Å². The first-order chi connectivity index (χ1) is 11.2. The molecule has 1 amide bonds. The number of benzene rings is 1. The fourth-order valence-electron chi connectivity index (χ4n) is 2.65. The number of rotatable bonds is 3.